The van der Waals surface area contributed by atoms with E-state index in [0.29, 0.717) is 11.4 Å². The van der Waals surface area contributed by atoms with E-state index in [1.54, 1.807) is 0 Å². The monoisotopic (exact) mass is 650 g/mol. The Morgan fingerprint density at radius 1 is 0.408 bits per heavy atom. The van der Waals surface area contributed by atoms with Crippen molar-refractivity contribution in [1.29, 1.82) is 0 Å². The Labute approximate surface area is 290 Å². The highest BCUT2D eigenvalue weighted by molar-refractivity contribution is 5.48. The number of hydrogen-bond donors (Lipinski definition) is 4. The molecule has 0 aliphatic rings. The van der Waals surface area contributed by atoms with Crippen molar-refractivity contribution in [2.75, 3.05) is 22.9 Å². The van der Waals surface area contributed by atoms with Crippen molar-refractivity contribution in [1.82, 2.24) is 0 Å². The molecule has 0 radical (unpaired) electrons. The first-order chi connectivity index (χ1) is 23.5. The Morgan fingerprint density at radius 3 is 1.00 bits per heavy atom. The number of aryl methyl sites for hydroxylation is 4. The minimum Gasteiger partial charge on any atom is -0.457 e. The number of ether oxygens (including phenoxy) is 2. The molecule has 250 valence electrons. The largest absolute Gasteiger partial charge is 0.457 e. The van der Waals surface area contributed by atoms with Crippen molar-refractivity contribution < 1.29 is 9.47 Å². The van der Waals surface area contributed by atoms with Crippen LogP contribution >= 0.6 is 0 Å². The van der Waals surface area contributed by atoms with Gasteiger partial charge in [-0.2, -0.15) is 0 Å². The molecular formula is C43H46N4O2. The van der Waals surface area contributed by atoms with Crippen molar-refractivity contribution in [2.24, 2.45) is 0 Å². The summed E-state index contributed by atoms with van der Waals surface area (Å²) < 4.78 is 11.8. The molecule has 6 aromatic rings. The number of nitrogen functional groups attached to an aromatic ring is 4. The molecule has 0 aromatic heterocycles. The van der Waals surface area contributed by atoms with E-state index >= 15 is 0 Å². The third-order valence-corrected chi connectivity index (χ3v) is 8.78. The van der Waals surface area contributed by atoms with Gasteiger partial charge in [0.05, 0.1) is 0 Å². The Morgan fingerprint density at radius 2 is 0.694 bits per heavy atom. The van der Waals surface area contributed by atoms with Gasteiger partial charge < -0.3 is 32.4 Å². The molecule has 0 spiro atoms. The van der Waals surface area contributed by atoms with E-state index in [1.807, 2.05) is 97.1 Å². The fourth-order valence-electron chi connectivity index (χ4n) is 5.66. The average molecular weight is 651 g/mol. The Bertz CT molecular complexity index is 1820. The summed E-state index contributed by atoms with van der Waals surface area (Å²) in [6, 6.07) is 43.4. The van der Waals surface area contributed by atoms with E-state index in [0.717, 1.165) is 47.2 Å². The van der Waals surface area contributed by atoms with Crippen molar-refractivity contribution >= 4 is 22.7 Å². The zero-order valence-electron chi connectivity index (χ0n) is 28.7. The van der Waals surface area contributed by atoms with E-state index in [9.17, 15) is 0 Å². The van der Waals surface area contributed by atoms with E-state index in [4.69, 9.17) is 32.4 Å². The minimum absolute atomic E-state index is 0.167. The lowest BCUT2D eigenvalue weighted by atomic mass is 9.78. The smallest absolute Gasteiger partial charge is 0.127 e. The Hall–Kier alpha value is -5.88. The first-order valence-corrected chi connectivity index (χ1v) is 16.4. The fourth-order valence-corrected chi connectivity index (χ4v) is 5.66. The molecule has 6 rings (SSSR count). The highest BCUT2D eigenvalue weighted by Gasteiger charge is 2.23. The second kappa shape index (κ2) is 15.3. The van der Waals surface area contributed by atoms with Gasteiger partial charge in [0.15, 0.2) is 0 Å². The second-order valence-electron chi connectivity index (χ2n) is 12.9. The quantitative estimate of drug-likeness (QED) is 0.116. The molecule has 0 aliphatic heterocycles. The first-order valence-electron chi connectivity index (χ1n) is 16.4. The molecule has 0 heterocycles. The summed E-state index contributed by atoms with van der Waals surface area (Å²) >= 11 is 0. The number of benzene rings is 6. The van der Waals surface area contributed by atoms with Crippen LogP contribution < -0.4 is 32.4 Å². The minimum atomic E-state index is -0.167. The van der Waals surface area contributed by atoms with Gasteiger partial charge in [0.25, 0.3) is 0 Å². The van der Waals surface area contributed by atoms with Crippen LogP contribution in [-0.4, -0.2) is 0 Å². The first kappa shape index (κ1) is 34.5. The summed E-state index contributed by atoms with van der Waals surface area (Å²) in [5.74, 6) is 3.10. The van der Waals surface area contributed by atoms with Gasteiger partial charge >= 0.3 is 0 Å². The maximum atomic E-state index is 5.91. The maximum absolute atomic E-state index is 5.91. The summed E-state index contributed by atoms with van der Waals surface area (Å²) in [7, 11) is 0. The molecule has 0 fully saturated rings. The summed E-state index contributed by atoms with van der Waals surface area (Å²) in [5, 5.41) is 0. The highest BCUT2D eigenvalue weighted by Crippen LogP contribution is 2.35. The molecule has 6 nitrogen and oxygen atoms in total. The Kier molecular flexibility index (Phi) is 10.8. The van der Waals surface area contributed by atoms with Crippen LogP contribution in [0.5, 0.6) is 23.0 Å². The molecule has 8 N–H and O–H groups in total. The van der Waals surface area contributed by atoms with Gasteiger partial charge in [-0.3, -0.25) is 0 Å². The lowest BCUT2D eigenvalue weighted by molar-refractivity contribution is 0.481. The molecule has 49 heavy (non-hydrogen) atoms. The summed E-state index contributed by atoms with van der Waals surface area (Å²) in [6.45, 7) is 8.64. The normalized spacial score (nSPS) is 10.9. The van der Waals surface area contributed by atoms with Crippen LogP contribution in [0.1, 0.15) is 47.2 Å². The molecule has 0 saturated carbocycles. The number of nitrogens with two attached hydrogens (primary N) is 4. The molecule has 0 bridgehead atoms. The van der Waals surface area contributed by atoms with Gasteiger partial charge in [-0.1, -0.05) is 50.2 Å². The maximum Gasteiger partial charge on any atom is 0.127 e. The lowest BCUT2D eigenvalue weighted by Crippen LogP contribution is -2.18. The van der Waals surface area contributed by atoms with Gasteiger partial charge in [-0.15, -0.1) is 0 Å². The van der Waals surface area contributed by atoms with Gasteiger partial charge in [-0.25, -0.2) is 0 Å². The van der Waals surface area contributed by atoms with Crippen LogP contribution in [-0.2, 0) is 18.3 Å². The summed E-state index contributed by atoms with van der Waals surface area (Å²) in [6.07, 6.45) is 2.08. The van der Waals surface area contributed by atoms with Crippen molar-refractivity contribution in [2.45, 2.75) is 46.0 Å². The molecule has 6 aromatic carbocycles. The SMILES string of the molecule is CC(C)(c1ccc(Oc2ccc(N)cc2)cc1)c1ccc(Oc2ccc(N)cc2)cc1.Cc1cc(N)ccc1CCc1ccc(N)cc1C. The lowest BCUT2D eigenvalue weighted by Gasteiger charge is -2.26. The fraction of sp³-hybridized carbons (Fsp3) is 0.163. The van der Waals surface area contributed by atoms with Crippen LogP contribution in [0, 0.1) is 13.8 Å². The molecular weight excluding hydrogens is 604 g/mol. The van der Waals surface area contributed by atoms with Gasteiger partial charge in [0.1, 0.15) is 23.0 Å². The van der Waals surface area contributed by atoms with Crippen LogP contribution in [0.15, 0.2) is 133 Å². The zero-order valence-corrected chi connectivity index (χ0v) is 28.7. The van der Waals surface area contributed by atoms with Crippen LogP contribution in [0.2, 0.25) is 0 Å². The molecule has 0 aliphatic carbocycles. The molecule has 0 saturated heterocycles. The third kappa shape index (κ3) is 9.36. The standard InChI is InChI=1S/C27H26N2O2.C16H20N2/c1-27(2,19-3-11-23(12-4-19)30-25-15-7-21(28)8-16-25)20-5-13-24(14-6-20)31-26-17-9-22(29)10-18-26;1-11-9-15(17)7-5-13(11)3-4-14-6-8-16(18)10-12(14)2/h3-18H,28-29H2,1-2H3;5-10H,3-4,17-18H2,1-2H3. The van der Waals surface area contributed by atoms with E-state index < -0.39 is 0 Å². The van der Waals surface area contributed by atoms with Crippen molar-refractivity contribution in [3.8, 4) is 23.0 Å². The third-order valence-electron chi connectivity index (χ3n) is 8.78. The average Bonchev–Trinajstić information content (AvgIpc) is 3.08. The molecule has 6 heteroatoms. The zero-order chi connectivity index (χ0) is 35.0. The summed E-state index contributed by atoms with van der Waals surface area (Å²) in [5.41, 5.74) is 33.6. The highest BCUT2D eigenvalue weighted by atomic mass is 16.5. The predicted octanol–water partition coefficient (Wildman–Crippen LogP) is 10.0. The molecule has 0 unspecified atom stereocenters. The van der Waals surface area contributed by atoms with Crippen molar-refractivity contribution in [3.05, 3.63) is 167 Å². The van der Waals surface area contributed by atoms with Gasteiger partial charge in [0, 0.05) is 28.2 Å². The molecule has 0 amide bonds. The summed E-state index contributed by atoms with van der Waals surface area (Å²) in [4.78, 5) is 0. The van der Waals surface area contributed by atoms with Crippen molar-refractivity contribution in [3.63, 3.8) is 0 Å². The topological polar surface area (TPSA) is 123 Å². The van der Waals surface area contributed by atoms with Crippen LogP contribution in [0.3, 0.4) is 0 Å². The molecule has 0 atom stereocenters. The van der Waals surface area contributed by atoms with E-state index in [1.165, 1.54) is 33.4 Å². The van der Waals surface area contributed by atoms with Crippen LogP contribution in [0.4, 0.5) is 22.7 Å². The van der Waals surface area contributed by atoms with Gasteiger partial charge in [-0.05, 0) is 157 Å². The predicted molar refractivity (Wildman–Crippen MR) is 205 cm³/mol. The Balaban J connectivity index is 0.000000221. The van der Waals surface area contributed by atoms with E-state index in [2.05, 4.69) is 64.1 Å². The number of anilines is 4. The second-order valence-corrected chi connectivity index (χ2v) is 12.9. The van der Waals surface area contributed by atoms with E-state index in [-0.39, 0.29) is 5.41 Å². The van der Waals surface area contributed by atoms with Gasteiger partial charge in [0.2, 0.25) is 0 Å². The number of hydrogen-bond acceptors (Lipinski definition) is 6. The number of rotatable bonds is 9. The van der Waals surface area contributed by atoms with Crippen LogP contribution in [0.25, 0.3) is 0 Å².